The van der Waals surface area contributed by atoms with Crippen LogP contribution < -0.4 is 21.2 Å². The summed E-state index contributed by atoms with van der Waals surface area (Å²) in [6, 6.07) is 2.62. The molecule has 1 aromatic heterocycles. The summed E-state index contributed by atoms with van der Waals surface area (Å²) in [5.41, 5.74) is 3.53. The molecule has 1 spiro atoms. The number of nitrogens with one attached hydrogen (secondary N) is 1. The van der Waals surface area contributed by atoms with Crippen LogP contribution in [0.15, 0.2) is 51.0 Å². The zero-order valence-electron chi connectivity index (χ0n) is 12.9. The third kappa shape index (κ3) is 1.78. The van der Waals surface area contributed by atoms with Gasteiger partial charge in [0.15, 0.2) is 11.2 Å². The van der Waals surface area contributed by atoms with Gasteiger partial charge in [0.05, 0.1) is 6.04 Å². The summed E-state index contributed by atoms with van der Waals surface area (Å²) in [5.74, 6) is -1.74. The second kappa shape index (κ2) is 5.09. The molecule has 3 atom stereocenters. The van der Waals surface area contributed by atoms with E-state index in [0.29, 0.717) is 0 Å². The van der Waals surface area contributed by atoms with Crippen molar-refractivity contribution >= 4 is 5.91 Å². The lowest BCUT2D eigenvalue weighted by molar-refractivity contribution is -0.124. The van der Waals surface area contributed by atoms with Crippen LogP contribution >= 0.6 is 0 Å². The number of nitriles is 1. The number of aliphatic hydroxyl groups excluding tert-OH is 1. The fourth-order valence-corrected chi connectivity index (χ4v) is 3.69. The van der Waals surface area contributed by atoms with Crippen molar-refractivity contribution in [2.45, 2.75) is 18.1 Å². The van der Waals surface area contributed by atoms with Gasteiger partial charge in [0.1, 0.15) is 24.0 Å². The quantitative estimate of drug-likeness (QED) is 0.638. The molecule has 1 amide bonds. The van der Waals surface area contributed by atoms with Crippen LogP contribution in [-0.4, -0.2) is 17.1 Å². The van der Waals surface area contributed by atoms with E-state index >= 15 is 0 Å². The Hall–Kier alpha value is -3.31. The zero-order chi connectivity index (χ0) is 17.8. The van der Waals surface area contributed by atoms with Gasteiger partial charge < -0.3 is 25.3 Å². The first kappa shape index (κ1) is 15.2. The predicted octanol–water partition coefficient (Wildman–Crippen LogP) is -0.303. The van der Waals surface area contributed by atoms with Crippen LogP contribution in [0.5, 0.6) is 5.75 Å². The highest BCUT2D eigenvalue weighted by Crippen LogP contribution is 2.52. The molecule has 3 heterocycles. The van der Waals surface area contributed by atoms with Crippen molar-refractivity contribution in [3.8, 4) is 11.8 Å². The van der Waals surface area contributed by atoms with Gasteiger partial charge in [-0.2, -0.15) is 5.26 Å². The van der Waals surface area contributed by atoms with E-state index in [4.69, 9.17) is 14.9 Å². The van der Waals surface area contributed by atoms with Crippen LogP contribution in [0.3, 0.4) is 0 Å². The van der Waals surface area contributed by atoms with Crippen LogP contribution in [0.2, 0.25) is 0 Å². The number of carbonyl (C=O) groups excluding carboxylic acids is 1. The molecule has 126 valence electrons. The van der Waals surface area contributed by atoms with E-state index in [1.54, 1.807) is 24.3 Å². The molecule has 1 saturated heterocycles. The number of ether oxygens (including phenoxy) is 1. The Balaban J connectivity index is 2.11. The van der Waals surface area contributed by atoms with E-state index in [9.17, 15) is 20.0 Å². The van der Waals surface area contributed by atoms with Gasteiger partial charge in [0.25, 0.3) is 0 Å². The van der Waals surface area contributed by atoms with Crippen molar-refractivity contribution in [2.24, 2.45) is 11.7 Å². The Morgan fingerprint density at radius 1 is 1.36 bits per heavy atom. The summed E-state index contributed by atoms with van der Waals surface area (Å²) in [4.78, 5) is 25.4. The summed E-state index contributed by atoms with van der Waals surface area (Å²) >= 11 is 0. The maximum atomic E-state index is 13.0. The number of nitrogens with zero attached hydrogens (tertiary/aromatic N) is 1. The van der Waals surface area contributed by atoms with Gasteiger partial charge in [-0.3, -0.25) is 9.59 Å². The average Bonchev–Trinajstić information content (AvgIpc) is 2.89. The lowest BCUT2D eigenvalue weighted by Gasteiger charge is -2.35. The van der Waals surface area contributed by atoms with Crippen molar-refractivity contribution in [3.63, 3.8) is 0 Å². The molecule has 0 unspecified atom stereocenters. The monoisotopic (exact) mass is 339 g/mol. The normalized spacial score (nSPS) is 29.0. The molecule has 0 radical (unpaired) electrons. The number of nitrogens with two attached hydrogens (primary N) is 1. The third-order valence-electron chi connectivity index (χ3n) is 4.72. The standard InChI is InChI=1S/C17H13N3O5/c18-6-10-15(19)25-13-12(22)5-8(7-21)24-14(13)17(10)9-3-1-2-4-11(9)20-16(17)23/h1-5,9,11,21H,7,19H2,(H,20,23)/t9-,11+,17-/m1/s1. The largest absolute Gasteiger partial charge is 0.458 e. The van der Waals surface area contributed by atoms with E-state index in [1.807, 2.05) is 6.07 Å². The molecule has 25 heavy (non-hydrogen) atoms. The van der Waals surface area contributed by atoms with Crippen molar-refractivity contribution in [1.29, 1.82) is 5.26 Å². The Labute approximate surface area is 141 Å². The fraction of sp³-hybridized carbons (Fsp3) is 0.235. The number of hydrogen-bond acceptors (Lipinski definition) is 7. The van der Waals surface area contributed by atoms with E-state index in [0.717, 1.165) is 6.07 Å². The van der Waals surface area contributed by atoms with Crippen LogP contribution in [0, 0.1) is 17.2 Å². The first-order valence-corrected chi connectivity index (χ1v) is 7.56. The molecule has 1 aliphatic carbocycles. The molecule has 0 saturated carbocycles. The Bertz CT molecular complexity index is 981. The number of fused-ring (bicyclic) bond motifs is 4. The van der Waals surface area contributed by atoms with E-state index in [1.165, 1.54) is 0 Å². The smallest absolute Gasteiger partial charge is 0.240 e. The Morgan fingerprint density at radius 3 is 2.84 bits per heavy atom. The second-order valence-electron chi connectivity index (χ2n) is 5.95. The van der Waals surface area contributed by atoms with E-state index in [-0.39, 0.29) is 34.8 Å². The van der Waals surface area contributed by atoms with Crippen LogP contribution in [0.1, 0.15) is 11.5 Å². The molecule has 1 aromatic rings. The summed E-state index contributed by atoms with van der Waals surface area (Å²) in [5, 5.41) is 21.8. The summed E-state index contributed by atoms with van der Waals surface area (Å²) in [6.07, 6.45) is 7.07. The van der Waals surface area contributed by atoms with Gasteiger partial charge in [-0.25, -0.2) is 0 Å². The van der Waals surface area contributed by atoms with E-state index < -0.39 is 29.3 Å². The number of hydrogen-bond donors (Lipinski definition) is 3. The molecular weight excluding hydrogens is 326 g/mol. The number of allylic oxidation sites excluding steroid dienone is 2. The minimum atomic E-state index is -1.62. The second-order valence-corrected chi connectivity index (χ2v) is 5.95. The molecule has 8 nitrogen and oxygen atoms in total. The van der Waals surface area contributed by atoms with Gasteiger partial charge in [0.2, 0.25) is 23.0 Å². The summed E-state index contributed by atoms with van der Waals surface area (Å²) < 4.78 is 10.9. The fourth-order valence-electron chi connectivity index (χ4n) is 3.69. The van der Waals surface area contributed by atoms with Gasteiger partial charge in [-0.05, 0) is 0 Å². The molecule has 0 bridgehead atoms. The predicted molar refractivity (Wildman–Crippen MR) is 83.7 cm³/mol. The molecule has 4 N–H and O–H groups in total. The molecule has 4 rings (SSSR count). The van der Waals surface area contributed by atoms with Crippen LogP contribution in [-0.2, 0) is 16.8 Å². The van der Waals surface area contributed by atoms with Gasteiger partial charge >= 0.3 is 0 Å². The highest BCUT2D eigenvalue weighted by atomic mass is 16.5. The maximum Gasteiger partial charge on any atom is 0.240 e. The number of rotatable bonds is 1. The van der Waals surface area contributed by atoms with Crippen molar-refractivity contribution in [1.82, 2.24) is 5.32 Å². The number of carbonyl (C=O) groups is 1. The topological polar surface area (TPSA) is 139 Å². The van der Waals surface area contributed by atoms with Crippen LogP contribution in [0.25, 0.3) is 0 Å². The van der Waals surface area contributed by atoms with E-state index in [2.05, 4.69) is 5.32 Å². The Kier molecular flexibility index (Phi) is 3.10. The van der Waals surface area contributed by atoms with Gasteiger partial charge in [0, 0.05) is 12.0 Å². The minimum Gasteiger partial charge on any atom is -0.458 e. The Morgan fingerprint density at radius 2 is 2.12 bits per heavy atom. The first-order chi connectivity index (χ1) is 12.0. The van der Waals surface area contributed by atoms with Crippen LogP contribution in [0.4, 0.5) is 0 Å². The van der Waals surface area contributed by atoms with Gasteiger partial charge in [-0.15, -0.1) is 0 Å². The number of amides is 1. The van der Waals surface area contributed by atoms with Gasteiger partial charge in [-0.1, -0.05) is 24.3 Å². The molecule has 2 aliphatic heterocycles. The lowest BCUT2D eigenvalue weighted by Crippen LogP contribution is -2.46. The molecule has 0 aromatic carbocycles. The van der Waals surface area contributed by atoms with Crippen molar-refractivity contribution < 1.29 is 19.1 Å². The zero-order valence-corrected chi connectivity index (χ0v) is 12.9. The maximum absolute atomic E-state index is 13.0. The number of aliphatic hydroxyl groups is 1. The average molecular weight is 339 g/mol. The molecule has 3 aliphatic rings. The molecule has 8 heteroatoms. The summed E-state index contributed by atoms with van der Waals surface area (Å²) in [6.45, 7) is -0.537. The first-order valence-electron chi connectivity index (χ1n) is 7.56. The minimum absolute atomic E-state index is 0.0314. The SMILES string of the molecule is N#CC1=C(N)Oc2c(oc(CO)cc2=O)[C@]12C(=O)N[C@H]1C=CC=C[C@H]12. The highest BCUT2D eigenvalue weighted by molar-refractivity contribution is 5.97. The summed E-state index contributed by atoms with van der Waals surface area (Å²) in [7, 11) is 0. The highest BCUT2D eigenvalue weighted by Gasteiger charge is 2.63. The van der Waals surface area contributed by atoms with Crippen molar-refractivity contribution in [3.05, 3.63) is 63.6 Å². The van der Waals surface area contributed by atoms with Crippen molar-refractivity contribution in [2.75, 3.05) is 0 Å². The lowest BCUT2D eigenvalue weighted by atomic mass is 9.66. The third-order valence-corrected chi connectivity index (χ3v) is 4.72. The molecular formula is C17H13N3O5. The molecule has 1 fully saturated rings.